The third-order valence-electron chi connectivity index (χ3n) is 1.92. The molecule has 0 aliphatic heterocycles. The van der Waals surface area contributed by atoms with E-state index in [1.54, 1.807) is 0 Å². The van der Waals surface area contributed by atoms with Crippen molar-refractivity contribution in [1.29, 1.82) is 0 Å². The van der Waals surface area contributed by atoms with Crippen LogP contribution < -0.4 is 16.6 Å². The van der Waals surface area contributed by atoms with Gasteiger partial charge in [-0.05, 0) is 25.1 Å². The van der Waals surface area contributed by atoms with Crippen molar-refractivity contribution >= 4 is 17.3 Å². The van der Waals surface area contributed by atoms with Gasteiger partial charge in [0.25, 0.3) is 0 Å². The lowest BCUT2D eigenvalue weighted by molar-refractivity contribution is 0.377. The van der Waals surface area contributed by atoms with Crippen LogP contribution in [-0.2, 0) is 0 Å². The SMILES string of the molecule is CCC(C)C(C)NNC(N)=S. The number of nitrogens with two attached hydrogens (primary N) is 1. The molecule has 0 radical (unpaired) electrons. The monoisotopic (exact) mass is 175 g/mol. The van der Waals surface area contributed by atoms with Gasteiger partial charge < -0.3 is 5.73 Å². The number of hydrogen-bond acceptors (Lipinski definition) is 2. The molecule has 11 heavy (non-hydrogen) atoms. The van der Waals surface area contributed by atoms with E-state index in [9.17, 15) is 0 Å². The average molecular weight is 175 g/mol. The average Bonchev–Trinajstić information content (AvgIpc) is 1.98. The topological polar surface area (TPSA) is 50.1 Å². The first-order valence-corrected chi connectivity index (χ1v) is 4.29. The summed E-state index contributed by atoms with van der Waals surface area (Å²) in [6.45, 7) is 6.43. The molecular formula is C7H17N3S. The van der Waals surface area contributed by atoms with Gasteiger partial charge in [0, 0.05) is 6.04 Å². The Bertz CT molecular complexity index is 127. The Hall–Kier alpha value is -0.350. The lowest BCUT2D eigenvalue weighted by Crippen LogP contribution is -2.47. The molecule has 4 N–H and O–H groups in total. The molecule has 0 saturated heterocycles. The highest BCUT2D eigenvalue weighted by Gasteiger charge is 2.08. The van der Waals surface area contributed by atoms with Gasteiger partial charge in [0.1, 0.15) is 0 Å². The zero-order valence-electron chi connectivity index (χ0n) is 7.35. The number of nitrogens with one attached hydrogen (secondary N) is 2. The van der Waals surface area contributed by atoms with Gasteiger partial charge in [0.05, 0.1) is 0 Å². The quantitative estimate of drug-likeness (QED) is 0.436. The molecule has 0 spiro atoms. The molecule has 0 amide bonds. The molecule has 0 rings (SSSR count). The normalized spacial score (nSPS) is 15.5. The molecule has 3 nitrogen and oxygen atoms in total. The van der Waals surface area contributed by atoms with E-state index in [1.807, 2.05) is 0 Å². The van der Waals surface area contributed by atoms with E-state index in [4.69, 9.17) is 5.73 Å². The molecule has 0 heterocycles. The molecule has 0 aliphatic carbocycles. The van der Waals surface area contributed by atoms with Gasteiger partial charge in [-0.1, -0.05) is 20.3 Å². The minimum atomic E-state index is 0.292. The van der Waals surface area contributed by atoms with Crippen LogP contribution in [0.25, 0.3) is 0 Å². The molecular weight excluding hydrogens is 158 g/mol. The van der Waals surface area contributed by atoms with Gasteiger partial charge in [0.2, 0.25) is 0 Å². The highest BCUT2D eigenvalue weighted by molar-refractivity contribution is 7.80. The summed E-state index contributed by atoms with van der Waals surface area (Å²) in [5.41, 5.74) is 11.0. The standard InChI is InChI=1S/C7H17N3S/c1-4-5(2)6(3)9-10-7(8)11/h5-6,9H,4H2,1-3H3,(H3,8,10,11). The zero-order chi connectivity index (χ0) is 8.85. The Kier molecular flexibility index (Phi) is 5.15. The number of hydrazine groups is 1. The Labute approximate surface area is 73.7 Å². The molecule has 0 saturated carbocycles. The van der Waals surface area contributed by atoms with Gasteiger partial charge in [-0.3, -0.25) is 5.43 Å². The van der Waals surface area contributed by atoms with Crippen molar-refractivity contribution in [1.82, 2.24) is 10.9 Å². The van der Waals surface area contributed by atoms with Crippen LogP contribution in [0.15, 0.2) is 0 Å². The summed E-state index contributed by atoms with van der Waals surface area (Å²) in [6, 6.07) is 0.390. The van der Waals surface area contributed by atoms with Crippen LogP contribution >= 0.6 is 12.2 Å². The Balaban J connectivity index is 3.51. The van der Waals surface area contributed by atoms with Crippen LogP contribution in [0.5, 0.6) is 0 Å². The molecule has 0 aliphatic rings. The van der Waals surface area contributed by atoms with Crippen molar-refractivity contribution < 1.29 is 0 Å². The molecule has 2 atom stereocenters. The Morgan fingerprint density at radius 1 is 1.55 bits per heavy atom. The van der Waals surface area contributed by atoms with Crippen molar-refractivity contribution in [3.63, 3.8) is 0 Å². The van der Waals surface area contributed by atoms with E-state index in [0.29, 0.717) is 17.1 Å². The van der Waals surface area contributed by atoms with Gasteiger partial charge in [0.15, 0.2) is 5.11 Å². The fraction of sp³-hybridized carbons (Fsp3) is 0.857. The highest BCUT2D eigenvalue weighted by atomic mass is 32.1. The van der Waals surface area contributed by atoms with Crippen LogP contribution in [0.3, 0.4) is 0 Å². The molecule has 66 valence electrons. The fourth-order valence-corrected chi connectivity index (χ4v) is 0.740. The maximum absolute atomic E-state index is 5.24. The van der Waals surface area contributed by atoms with E-state index in [0.717, 1.165) is 6.42 Å². The van der Waals surface area contributed by atoms with Crippen LogP contribution in [0.2, 0.25) is 0 Å². The van der Waals surface area contributed by atoms with Crippen molar-refractivity contribution in [2.24, 2.45) is 11.7 Å². The van der Waals surface area contributed by atoms with Crippen LogP contribution in [0.1, 0.15) is 27.2 Å². The smallest absolute Gasteiger partial charge is 0.178 e. The van der Waals surface area contributed by atoms with Gasteiger partial charge in [-0.25, -0.2) is 5.43 Å². The van der Waals surface area contributed by atoms with Gasteiger partial charge in [-0.2, -0.15) is 0 Å². The van der Waals surface area contributed by atoms with Crippen molar-refractivity contribution in [2.45, 2.75) is 33.2 Å². The largest absolute Gasteiger partial charge is 0.375 e. The highest BCUT2D eigenvalue weighted by Crippen LogP contribution is 2.04. The third-order valence-corrected chi connectivity index (χ3v) is 2.02. The molecule has 0 bridgehead atoms. The first kappa shape index (κ1) is 10.7. The molecule has 0 fully saturated rings. The maximum atomic E-state index is 5.24. The number of thiocarbonyl (C=S) groups is 1. The summed E-state index contributed by atoms with van der Waals surface area (Å²) in [4.78, 5) is 0. The zero-order valence-corrected chi connectivity index (χ0v) is 8.16. The van der Waals surface area contributed by atoms with Crippen molar-refractivity contribution in [2.75, 3.05) is 0 Å². The maximum Gasteiger partial charge on any atom is 0.178 e. The van der Waals surface area contributed by atoms with E-state index in [1.165, 1.54) is 0 Å². The molecule has 4 heteroatoms. The molecule has 0 aromatic carbocycles. The van der Waals surface area contributed by atoms with Crippen LogP contribution in [-0.4, -0.2) is 11.2 Å². The second-order valence-electron chi connectivity index (χ2n) is 2.81. The lowest BCUT2D eigenvalue weighted by atomic mass is 10.0. The van der Waals surface area contributed by atoms with Crippen molar-refractivity contribution in [3.8, 4) is 0 Å². The van der Waals surface area contributed by atoms with Gasteiger partial charge in [-0.15, -0.1) is 0 Å². The predicted octanol–water partition coefficient (Wildman–Crippen LogP) is 0.759. The van der Waals surface area contributed by atoms with E-state index < -0.39 is 0 Å². The van der Waals surface area contributed by atoms with Crippen LogP contribution in [0, 0.1) is 5.92 Å². The predicted molar refractivity (Wildman–Crippen MR) is 52.0 cm³/mol. The lowest BCUT2D eigenvalue weighted by Gasteiger charge is -2.19. The Morgan fingerprint density at radius 2 is 2.09 bits per heavy atom. The summed E-state index contributed by atoms with van der Waals surface area (Å²) < 4.78 is 0. The second kappa shape index (κ2) is 5.32. The van der Waals surface area contributed by atoms with E-state index >= 15 is 0 Å². The third kappa shape index (κ3) is 4.98. The fourth-order valence-electron chi connectivity index (χ4n) is 0.681. The minimum absolute atomic E-state index is 0.292. The number of hydrogen-bond donors (Lipinski definition) is 3. The molecule has 2 unspecified atom stereocenters. The summed E-state index contributed by atoms with van der Waals surface area (Å²) in [7, 11) is 0. The van der Waals surface area contributed by atoms with E-state index in [2.05, 4.69) is 43.8 Å². The Morgan fingerprint density at radius 3 is 2.45 bits per heavy atom. The number of rotatable bonds is 4. The second-order valence-corrected chi connectivity index (χ2v) is 3.25. The first-order valence-electron chi connectivity index (χ1n) is 3.88. The summed E-state index contributed by atoms with van der Waals surface area (Å²) in [5, 5.41) is 0.292. The molecule has 0 aromatic rings. The molecule has 0 aromatic heterocycles. The van der Waals surface area contributed by atoms with Crippen molar-refractivity contribution in [3.05, 3.63) is 0 Å². The minimum Gasteiger partial charge on any atom is -0.375 e. The summed E-state index contributed by atoms with van der Waals surface area (Å²) >= 11 is 4.64. The van der Waals surface area contributed by atoms with E-state index in [-0.39, 0.29) is 0 Å². The summed E-state index contributed by atoms with van der Waals surface area (Å²) in [5.74, 6) is 0.622. The van der Waals surface area contributed by atoms with Gasteiger partial charge >= 0.3 is 0 Å². The van der Waals surface area contributed by atoms with Crippen LogP contribution in [0.4, 0.5) is 0 Å². The summed E-state index contributed by atoms with van der Waals surface area (Å²) in [6.07, 6.45) is 1.15. The first-order chi connectivity index (χ1) is 5.07.